The zero-order valence-corrected chi connectivity index (χ0v) is 11.8. The topological polar surface area (TPSA) is 46.9 Å². The fourth-order valence-corrected chi connectivity index (χ4v) is 2.04. The van der Waals surface area contributed by atoms with Gasteiger partial charge in [0.05, 0.1) is 5.69 Å². The summed E-state index contributed by atoms with van der Waals surface area (Å²) >= 11 is 0. The van der Waals surface area contributed by atoms with Gasteiger partial charge in [0.15, 0.2) is 0 Å². The molecule has 19 heavy (non-hydrogen) atoms. The van der Waals surface area contributed by atoms with Gasteiger partial charge in [-0.2, -0.15) is 5.10 Å². The lowest BCUT2D eigenvalue weighted by Crippen LogP contribution is -2.18. The molecule has 0 saturated carbocycles. The van der Waals surface area contributed by atoms with Crippen LogP contribution >= 0.6 is 0 Å². The van der Waals surface area contributed by atoms with Crippen LogP contribution < -0.4 is 5.32 Å². The third-order valence-electron chi connectivity index (χ3n) is 3.29. The third-order valence-corrected chi connectivity index (χ3v) is 3.29. The standard InChI is InChI=1S/C15H19N3O/c1-5-18-14(9-11(3)17-18)15(19)16-13-8-6-7-10(2)12(13)4/h6-9H,5H2,1-4H3,(H,16,19). The quantitative estimate of drug-likeness (QED) is 0.918. The fourth-order valence-electron chi connectivity index (χ4n) is 2.04. The number of benzene rings is 1. The van der Waals surface area contributed by atoms with E-state index in [4.69, 9.17) is 0 Å². The van der Waals surface area contributed by atoms with E-state index >= 15 is 0 Å². The average molecular weight is 257 g/mol. The summed E-state index contributed by atoms with van der Waals surface area (Å²) in [6.45, 7) is 8.59. The molecular weight excluding hydrogens is 238 g/mol. The Bertz CT molecular complexity index is 614. The molecule has 0 bridgehead atoms. The maximum absolute atomic E-state index is 12.3. The van der Waals surface area contributed by atoms with Gasteiger partial charge in [0.1, 0.15) is 5.69 Å². The van der Waals surface area contributed by atoms with Gasteiger partial charge in [-0.05, 0) is 51.0 Å². The predicted molar refractivity (Wildman–Crippen MR) is 76.5 cm³/mol. The number of hydrogen-bond acceptors (Lipinski definition) is 2. The molecule has 0 aliphatic rings. The zero-order valence-electron chi connectivity index (χ0n) is 11.8. The van der Waals surface area contributed by atoms with Crippen LogP contribution in [0.4, 0.5) is 5.69 Å². The van der Waals surface area contributed by atoms with Gasteiger partial charge in [-0.3, -0.25) is 9.48 Å². The molecule has 1 N–H and O–H groups in total. The molecule has 0 saturated heterocycles. The first-order valence-electron chi connectivity index (χ1n) is 6.45. The van der Waals surface area contributed by atoms with Crippen molar-refractivity contribution >= 4 is 11.6 Å². The van der Waals surface area contributed by atoms with Gasteiger partial charge in [-0.15, -0.1) is 0 Å². The van der Waals surface area contributed by atoms with Crippen LogP contribution in [0.25, 0.3) is 0 Å². The maximum atomic E-state index is 12.3. The fraction of sp³-hybridized carbons (Fsp3) is 0.333. The average Bonchev–Trinajstić information content (AvgIpc) is 2.76. The Balaban J connectivity index is 2.28. The van der Waals surface area contributed by atoms with Crippen molar-refractivity contribution in [2.75, 3.05) is 5.32 Å². The van der Waals surface area contributed by atoms with E-state index in [1.807, 2.05) is 52.0 Å². The summed E-state index contributed by atoms with van der Waals surface area (Å²) in [7, 11) is 0. The molecule has 0 radical (unpaired) electrons. The second-order valence-corrected chi connectivity index (χ2v) is 4.69. The highest BCUT2D eigenvalue weighted by Crippen LogP contribution is 2.19. The minimum Gasteiger partial charge on any atom is -0.320 e. The molecule has 1 aromatic heterocycles. The first-order valence-corrected chi connectivity index (χ1v) is 6.45. The molecule has 0 unspecified atom stereocenters. The smallest absolute Gasteiger partial charge is 0.273 e. The lowest BCUT2D eigenvalue weighted by atomic mass is 10.1. The van der Waals surface area contributed by atoms with Gasteiger partial charge in [0, 0.05) is 12.2 Å². The summed E-state index contributed by atoms with van der Waals surface area (Å²) in [6, 6.07) is 7.70. The molecule has 0 spiro atoms. The number of aryl methyl sites for hydroxylation is 3. The molecule has 100 valence electrons. The Morgan fingerprint density at radius 3 is 2.74 bits per heavy atom. The summed E-state index contributed by atoms with van der Waals surface area (Å²) in [6.07, 6.45) is 0. The largest absolute Gasteiger partial charge is 0.320 e. The number of nitrogens with one attached hydrogen (secondary N) is 1. The van der Waals surface area contributed by atoms with Crippen molar-refractivity contribution in [3.63, 3.8) is 0 Å². The predicted octanol–water partition coefficient (Wildman–Crippen LogP) is 3.08. The van der Waals surface area contributed by atoms with Crippen LogP contribution in [0.3, 0.4) is 0 Å². The van der Waals surface area contributed by atoms with Gasteiger partial charge < -0.3 is 5.32 Å². The van der Waals surface area contributed by atoms with Crippen molar-refractivity contribution in [3.05, 3.63) is 46.8 Å². The van der Waals surface area contributed by atoms with E-state index < -0.39 is 0 Å². The molecule has 2 rings (SSSR count). The summed E-state index contributed by atoms with van der Waals surface area (Å²) in [5.74, 6) is -0.115. The summed E-state index contributed by atoms with van der Waals surface area (Å²) in [4.78, 5) is 12.3. The second kappa shape index (κ2) is 5.26. The molecule has 1 amide bonds. The monoisotopic (exact) mass is 257 g/mol. The van der Waals surface area contributed by atoms with E-state index in [1.54, 1.807) is 4.68 Å². The molecule has 1 heterocycles. The lowest BCUT2D eigenvalue weighted by molar-refractivity contribution is 0.101. The number of carbonyl (C=O) groups excluding carboxylic acids is 1. The van der Waals surface area contributed by atoms with E-state index in [0.717, 1.165) is 22.5 Å². The first kappa shape index (κ1) is 13.3. The molecular formula is C15H19N3O. The summed E-state index contributed by atoms with van der Waals surface area (Å²) < 4.78 is 1.72. The van der Waals surface area contributed by atoms with Crippen molar-refractivity contribution in [1.29, 1.82) is 0 Å². The van der Waals surface area contributed by atoms with E-state index in [9.17, 15) is 4.79 Å². The molecule has 1 aromatic carbocycles. The van der Waals surface area contributed by atoms with Gasteiger partial charge in [0.2, 0.25) is 0 Å². The Labute approximate surface area is 113 Å². The van der Waals surface area contributed by atoms with E-state index in [0.29, 0.717) is 12.2 Å². The van der Waals surface area contributed by atoms with E-state index in [2.05, 4.69) is 10.4 Å². The van der Waals surface area contributed by atoms with Gasteiger partial charge >= 0.3 is 0 Å². The molecule has 0 aliphatic carbocycles. The van der Waals surface area contributed by atoms with Crippen LogP contribution in [0.2, 0.25) is 0 Å². The first-order chi connectivity index (χ1) is 9.02. The minimum atomic E-state index is -0.115. The third kappa shape index (κ3) is 2.67. The molecule has 0 fully saturated rings. The molecule has 0 aliphatic heterocycles. The molecule has 0 atom stereocenters. The van der Waals surface area contributed by atoms with Crippen LogP contribution in [-0.4, -0.2) is 15.7 Å². The number of hydrogen-bond donors (Lipinski definition) is 1. The van der Waals surface area contributed by atoms with Crippen molar-refractivity contribution < 1.29 is 4.79 Å². The highest BCUT2D eigenvalue weighted by atomic mass is 16.2. The summed E-state index contributed by atoms with van der Waals surface area (Å²) in [5.41, 5.74) is 4.56. The highest BCUT2D eigenvalue weighted by Gasteiger charge is 2.14. The van der Waals surface area contributed by atoms with Crippen LogP contribution in [-0.2, 0) is 6.54 Å². The van der Waals surface area contributed by atoms with Gasteiger partial charge in [-0.1, -0.05) is 12.1 Å². The number of rotatable bonds is 3. The highest BCUT2D eigenvalue weighted by molar-refractivity contribution is 6.03. The van der Waals surface area contributed by atoms with Crippen LogP contribution in [0.15, 0.2) is 24.3 Å². The van der Waals surface area contributed by atoms with Crippen molar-refractivity contribution in [2.45, 2.75) is 34.2 Å². The molecule has 4 heteroatoms. The summed E-state index contributed by atoms with van der Waals surface area (Å²) in [5, 5.41) is 7.24. The minimum absolute atomic E-state index is 0.115. The number of aromatic nitrogens is 2. The lowest BCUT2D eigenvalue weighted by Gasteiger charge is -2.10. The van der Waals surface area contributed by atoms with Crippen LogP contribution in [0.5, 0.6) is 0 Å². The second-order valence-electron chi connectivity index (χ2n) is 4.69. The number of nitrogens with zero attached hydrogens (tertiary/aromatic N) is 2. The van der Waals surface area contributed by atoms with Gasteiger partial charge in [-0.25, -0.2) is 0 Å². The Morgan fingerprint density at radius 1 is 1.32 bits per heavy atom. The van der Waals surface area contributed by atoms with E-state index in [-0.39, 0.29) is 5.91 Å². The SMILES string of the molecule is CCn1nc(C)cc1C(=O)Nc1cccc(C)c1C. The zero-order chi connectivity index (χ0) is 14.0. The molecule has 2 aromatic rings. The maximum Gasteiger partial charge on any atom is 0.273 e. The van der Waals surface area contributed by atoms with Crippen LogP contribution in [0.1, 0.15) is 34.2 Å². The van der Waals surface area contributed by atoms with E-state index in [1.165, 1.54) is 0 Å². The van der Waals surface area contributed by atoms with Crippen molar-refractivity contribution in [1.82, 2.24) is 9.78 Å². The van der Waals surface area contributed by atoms with Crippen molar-refractivity contribution in [2.24, 2.45) is 0 Å². The Hall–Kier alpha value is -2.10. The Morgan fingerprint density at radius 2 is 2.05 bits per heavy atom. The number of anilines is 1. The number of carbonyl (C=O) groups is 1. The number of amides is 1. The Kier molecular flexibility index (Phi) is 3.69. The molecule has 4 nitrogen and oxygen atoms in total. The van der Waals surface area contributed by atoms with Gasteiger partial charge in [0.25, 0.3) is 5.91 Å². The van der Waals surface area contributed by atoms with Crippen molar-refractivity contribution in [3.8, 4) is 0 Å². The normalized spacial score (nSPS) is 10.5. The van der Waals surface area contributed by atoms with Crippen LogP contribution in [0, 0.1) is 20.8 Å².